The highest BCUT2D eigenvalue weighted by Gasteiger charge is 2.20. The molecule has 0 fully saturated rings. The molecule has 0 aliphatic heterocycles. The predicted molar refractivity (Wildman–Crippen MR) is 65.1 cm³/mol. The predicted octanol–water partition coefficient (Wildman–Crippen LogP) is 0.441. The molecular formula is C11H15N5O3. The first-order valence-electron chi connectivity index (χ1n) is 5.71. The molecule has 19 heavy (non-hydrogen) atoms. The van der Waals surface area contributed by atoms with Crippen LogP contribution in [0, 0.1) is 6.92 Å². The van der Waals surface area contributed by atoms with Gasteiger partial charge in [-0.15, -0.1) is 5.10 Å². The van der Waals surface area contributed by atoms with Crippen LogP contribution in [0.4, 0.5) is 5.82 Å². The normalized spacial score (nSPS) is 11.6. The molecule has 0 saturated carbocycles. The van der Waals surface area contributed by atoms with E-state index in [2.05, 4.69) is 20.8 Å². The van der Waals surface area contributed by atoms with E-state index in [1.54, 1.807) is 26.8 Å². The smallest absolute Gasteiger partial charge is 0.247 e. The number of nitrogens with one attached hydrogen (secondary N) is 1. The number of amides is 1. The minimum absolute atomic E-state index is 0.0189. The van der Waals surface area contributed by atoms with Gasteiger partial charge in [0.25, 0.3) is 0 Å². The van der Waals surface area contributed by atoms with Gasteiger partial charge >= 0.3 is 0 Å². The van der Waals surface area contributed by atoms with Gasteiger partial charge in [-0.05, 0) is 20.8 Å². The van der Waals surface area contributed by atoms with Crippen molar-refractivity contribution < 1.29 is 14.4 Å². The van der Waals surface area contributed by atoms with E-state index < -0.39 is 5.60 Å². The van der Waals surface area contributed by atoms with E-state index >= 15 is 0 Å². The summed E-state index contributed by atoms with van der Waals surface area (Å²) in [5.41, 5.74) is -0.685. The van der Waals surface area contributed by atoms with Crippen LogP contribution in [0.2, 0.25) is 0 Å². The molecule has 0 bridgehead atoms. The number of aryl methyl sites for hydroxylation is 1. The minimum atomic E-state index is -1.09. The highest BCUT2D eigenvalue weighted by Crippen LogP contribution is 2.15. The quantitative estimate of drug-likeness (QED) is 0.830. The molecule has 2 N–H and O–H groups in total. The number of nitrogens with zero attached hydrogens (tertiary/aromatic N) is 4. The zero-order chi connectivity index (χ0) is 14.0. The van der Waals surface area contributed by atoms with Crippen LogP contribution in [0.1, 0.15) is 25.3 Å². The Morgan fingerprint density at radius 3 is 2.84 bits per heavy atom. The lowest BCUT2D eigenvalue weighted by atomic mass is 10.1. The van der Waals surface area contributed by atoms with Crippen LogP contribution in [-0.2, 0) is 16.9 Å². The number of aromatic nitrogens is 4. The summed E-state index contributed by atoms with van der Waals surface area (Å²) in [7, 11) is 0. The van der Waals surface area contributed by atoms with Crippen molar-refractivity contribution >= 4 is 11.7 Å². The summed E-state index contributed by atoms with van der Waals surface area (Å²) in [6.45, 7) is 4.91. The molecule has 0 unspecified atom stereocenters. The third-order valence-corrected chi connectivity index (χ3v) is 2.37. The molecule has 0 aromatic carbocycles. The van der Waals surface area contributed by atoms with Crippen LogP contribution in [0.15, 0.2) is 16.8 Å². The second-order valence-electron chi connectivity index (χ2n) is 4.73. The number of hydrogen-bond donors (Lipinski definition) is 2. The van der Waals surface area contributed by atoms with Crippen molar-refractivity contribution in [2.24, 2.45) is 0 Å². The maximum Gasteiger partial charge on any atom is 0.247 e. The third kappa shape index (κ3) is 3.38. The lowest BCUT2D eigenvalue weighted by Gasteiger charge is -2.11. The van der Waals surface area contributed by atoms with E-state index in [4.69, 9.17) is 4.52 Å². The van der Waals surface area contributed by atoms with Crippen molar-refractivity contribution in [3.8, 4) is 0 Å². The summed E-state index contributed by atoms with van der Waals surface area (Å²) in [6, 6.07) is 1.61. The standard InChI is InChI=1S/C11H15N5O3/c1-7-4-9(14-19-7)12-10(17)6-16-5-8(13-15-16)11(2,3)18/h4-5,18H,6H2,1-3H3,(H,12,14,17). The molecule has 8 nitrogen and oxygen atoms in total. The molecule has 2 aromatic heterocycles. The molecule has 2 rings (SSSR count). The summed E-state index contributed by atoms with van der Waals surface area (Å²) < 4.78 is 6.17. The van der Waals surface area contributed by atoms with Crippen molar-refractivity contribution in [2.45, 2.75) is 32.9 Å². The van der Waals surface area contributed by atoms with Gasteiger partial charge in [-0.25, -0.2) is 4.68 Å². The van der Waals surface area contributed by atoms with Gasteiger partial charge in [-0.1, -0.05) is 10.4 Å². The maximum absolute atomic E-state index is 11.7. The second-order valence-corrected chi connectivity index (χ2v) is 4.73. The first kappa shape index (κ1) is 13.2. The Morgan fingerprint density at radius 2 is 2.32 bits per heavy atom. The van der Waals surface area contributed by atoms with E-state index in [-0.39, 0.29) is 12.5 Å². The second kappa shape index (κ2) is 4.81. The van der Waals surface area contributed by atoms with Gasteiger partial charge in [0.15, 0.2) is 5.82 Å². The van der Waals surface area contributed by atoms with E-state index in [1.165, 1.54) is 10.9 Å². The fourth-order valence-corrected chi connectivity index (χ4v) is 1.41. The van der Waals surface area contributed by atoms with Gasteiger partial charge in [0.1, 0.15) is 23.6 Å². The van der Waals surface area contributed by atoms with Gasteiger partial charge in [0, 0.05) is 6.07 Å². The fourth-order valence-electron chi connectivity index (χ4n) is 1.41. The summed E-state index contributed by atoms with van der Waals surface area (Å²) in [5, 5.41) is 23.5. The zero-order valence-electron chi connectivity index (χ0n) is 10.9. The Kier molecular flexibility index (Phi) is 3.34. The van der Waals surface area contributed by atoms with Crippen LogP contribution in [-0.4, -0.2) is 31.2 Å². The number of carbonyl (C=O) groups excluding carboxylic acids is 1. The first-order valence-corrected chi connectivity index (χ1v) is 5.71. The van der Waals surface area contributed by atoms with E-state index in [0.29, 0.717) is 17.3 Å². The maximum atomic E-state index is 11.7. The zero-order valence-corrected chi connectivity index (χ0v) is 10.9. The molecule has 0 saturated heterocycles. The Hall–Kier alpha value is -2.22. The molecule has 102 valence electrons. The number of rotatable bonds is 4. The molecule has 0 spiro atoms. The largest absolute Gasteiger partial charge is 0.384 e. The molecule has 1 amide bonds. The van der Waals surface area contributed by atoms with Gasteiger partial charge < -0.3 is 14.9 Å². The lowest BCUT2D eigenvalue weighted by molar-refractivity contribution is -0.117. The van der Waals surface area contributed by atoms with E-state index in [0.717, 1.165) is 0 Å². The minimum Gasteiger partial charge on any atom is -0.384 e. The molecule has 0 atom stereocenters. The monoisotopic (exact) mass is 265 g/mol. The number of anilines is 1. The molecular weight excluding hydrogens is 250 g/mol. The Labute approximate surface area is 109 Å². The van der Waals surface area contributed by atoms with Crippen molar-refractivity contribution in [1.29, 1.82) is 0 Å². The topological polar surface area (TPSA) is 106 Å². The third-order valence-electron chi connectivity index (χ3n) is 2.37. The molecule has 0 aliphatic rings. The number of hydrogen-bond acceptors (Lipinski definition) is 6. The molecule has 0 radical (unpaired) electrons. The highest BCUT2D eigenvalue weighted by molar-refractivity contribution is 5.89. The fraction of sp³-hybridized carbons (Fsp3) is 0.455. The Bertz CT molecular complexity index is 581. The van der Waals surface area contributed by atoms with Crippen LogP contribution in [0.25, 0.3) is 0 Å². The summed E-state index contributed by atoms with van der Waals surface area (Å²) >= 11 is 0. The SMILES string of the molecule is Cc1cc(NC(=O)Cn2cc(C(C)(C)O)nn2)no1. The van der Waals surface area contributed by atoms with Crippen molar-refractivity contribution in [2.75, 3.05) is 5.32 Å². The average Bonchev–Trinajstić information content (AvgIpc) is 2.87. The first-order chi connectivity index (χ1) is 8.84. The summed E-state index contributed by atoms with van der Waals surface area (Å²) in [6.07, 6.45) is 1.52. The van der Waals surface area contributed by atoms with Gasteiger partial charge in [0.05, 0.1) is 6.20 Å². The summed E-state index contributed by atoms with van der Waals surface area (Å²) in [5.74, 6) is 0.659. The molecule has 2 heterocycles. The van der Waals surface area contributed by atoms with Crippen LogP contribution in [0.5, 0.6) is 0 Å². The molecule has 0 aliphatic carbocycles. The lowest BCUT2D eigenvalue weighted by Crippen LogP contribution is -2.19. The van der Waals surface area contributed by atoms with Crippen LogP contribution >= 0.6 is 0 Å². The molecule has 2 aromatic rings. The van der Waals surface area contributed by atoms with Crippen LogP contribution < -0.4 is 5.32 Å². The van der Waals surface area contributed by atoms with Crippen LogP contribution in [0.3, 0.4) is 0 Å². The summed E-state index contributed by atoms with van der Waals surface area (Å²) in [4.78, 5) is 11.7. The van der Waals surface area contributed by atoms with E-state index in [1.807, 2.05) is 0 Å². The van der Waals surface area contributed by atoms with Crippen molar-refractivity contribution in [1.82, 2.24) is 20.2 Å². The van der Waals surface area contributed by atoms with Gasteiger partial charge in [-0.3, -0.25) is 4.79 Å². The average molecular weight is 265 g/mol. The highest BCUT2D eigenvalue weighted by atomic mass is 16.5. The van der Waals surface area contributed by atoms with Crippen molar-refractivity contribution in [3.63, 3.8) is 0 Å². The van der Waals surface area contributed by atoms with Gasteiger partial charge in [0.2, 0.25) is 5.91 Å². The Balaban J connectivity index is 1.97. The Morgan fingerprint density at radius 1 is 1.58 bits per heavy atom. The van der Waals surface area contributed by atoms with Gasteiger partial charge in [-0.2, -0.15) is 0 Å². The van der Waals surface area contributed by atoms with Crippen molar-refractivity contribution in [3.05, 3.63) is 23.7 Å². The van der Waals surface area contributed by atoms with E-state index in [9.17, 15) is 9.90 Å². The number of carbonyl (C=O) groups is 1. The number of aliphatic hydroxyl groups is 1. The molecule has 8 heteroatoms.